The number of hydrogen-bond acceptors (Lipinski definition) is 5. The summed E-state index contributed by atoms with van der Waals surface area (Å²) >= 11 is 1.48. The van der Waals surface area contributed by atoms with E-state index in [0.717, 1.165) is 48.0 Å². The molecule has 7 heteroatoms. The average Bonchev–Trinajstić information content (AvgIpc) is 3.17. The second-order valence-corrected chi connectivity index (χ2v) is 8.68. The molecule has 0 radical (unpaired) electrons. The lowest BCUT2D eigenvalue weighted by molar-refractivity contribution is -0.119. The van der Waals surface area contributed by atoms with E-state index in [0.29, 0.717) is 11.8 Å². The van der Waals surface area contributed by atoms with Gasteiger partial charge in [-0.15, -0.1) is 10.2 Å². The molecule has 1 aromatic carbocycles. The maximum atomic E-state index is 12.3. The summed E-state index contributed by atoms with van der Waals surface area (Å²) < 4.78 is 7.54. The van der Waals surface area contributed by atoms with Gasteiger partial charge >= 0.3 is 0 Å². The quantitative estimate of drug-likeness (QED) is 0.592. The van der Waals surface area contributed by atoms with Crippen LogP contribution in [0.1, 0.15) is 64.8 Å². The molecular formula is C22H32N4O2S. The van der Waals surface area contributed by atoms with Gasteiger partial charge in [0.15, 0.2) is 11.0 Å². The molecule has 0 saturated heterocycles. The third kappa shape index (κ3) is 5.75. The highest BCUT2D eigenvalue weighted by Crippen LogP contribution is 2.35. The summed E-state index contributed by atoms with van der Waals surface area (Å²) in [5.74, 6) is 2.12. The largest absolute Gasteiger partial charge is 0.497 e. The maximum absolute atomic E-state index is 12.3. The van der Waals surface area contributed by atoms with Crippen LogP contribution in [-0.2, 0) is 4.79 Å². The Labute approximate surface area is 177 Å². The van der Waals surface area contributed by atoms with Gasteiger partial charge in [-0.3, -0.25) is 9.36 Å². The number of hydrogen-bond donors (Lipinski definition) is 1. The van der Waals surface area contributed by atoms with E-state index in [1.165, 1.54) is 31.0 Å². The van der Waals surface area contributed by atoms with Crippen LogP contribution in [-0.4, -0.2) is 39.6 Å². The number of methoxy groups -OCH3 is 1. The number of carbonyl (C=O) groups is 1. The zero-order valence-corrected chi connectivity index (χ0v) is 18.5. The number of aromatic nitrogens is 3. The predicted octanol–water partition coefficient (Wildman–Crippen LogP) is 4.86. The SMILES string of the molecule is CCCC(C)NC(=O)CSc1nnc(-c2ccc(OC)cc2)n1C1CCCCC1. The van der Waals surface area contributed by atoms with Crippen molar-refractivity contribution in [3.63, 3.8) is 0 Å². The topological polar surface area (TPSA) is 69.0 Å². The molecule has 6 nitrogen and oxygen atoms in total. The van der Waals surface area contributed by atoms with Gasteiger partial charge in [0.05, 0.1) is 12.9 Å². The van der Waals surface area contributed by atoms with Crippen LogP contribution in [0, 0.1) is 0 Å². The summed E-state index contributed by atoms with van der Waals surface area (Å²) in [7, 11) is 1.67. The summed E-state index contributed by atoms with van der Waals surface area (Å²) in [6.45, 7) is 4.18. The van der Waals surface area contributed by atoms with Crippen LogP contribution in [0.3, 0.4) is 0 Å². The summed E-state index contributed by atoms with van der Waals surface area (Å²) in [5, 5.41) is 12.9. The Balaban J connectivity index is 1.79. The van der Waals surface area contributed by atoms with Crippen molar-refractivity contribution < 1.29 is 9.53 Å². The van der Waals surface area contributed by atoms with Crippen molar-refractivity contribution in [1.29, 1.82) is 0 Å². The Bertz CT molecular complexity index is 785. The van der Waals surface area contributed by atoms with E-state index in [1.807, 2.05) is 24.3 Å². The molecule has 1 atom stereocenters. The normalized spacial score (nSPS) is 15.8. The van der Waals surface area contributed by atoms with Gasteiger partial charge in [0.1, 0.15) is 5.75 Å². The molecule has 1 aliphatic carbocycles. The molecule has 158 valence electrons. The third-order valence-corrected chi connectivity index (χ3v) is 6.36. The van der Waals surface area contributed by atoms with Crippen molar-refractivity contribution in [3.05, 3.63) is 24.3 Å². The summed E-state index contributed by atoms with van der Waals surface area (Å²) in [6, 6.07) is 8.54. The number of amides is 1. The lowest BCUT2D eigenvalue weighted by atomic mass is 9.95. The van der Waals surface area contributed by atoms with E-state index in [4.69, 9.17) is 4.74 Å². The fourth-order valence-electron chi connectivity index (χ4n) is 3.93. The van der Waals surface area contributed by atoms with Crippen molar-refractivity contribution in [2.75, 3.05) is 12.9 Å². The molecule has 0 spiro atoms. The molecule has 1 aromatic heterocycles. The molecule has 1 N–H and O–H groups in total. The molecule has 3 rings (SSSR count). The molecule has 0 bridgehead atoms. The molecule has 29 heavy (non-hydrogen) atoms. The highest BCUT2D eigenvalue weighted by atomic mass is 32.2. The number of benzene rings is 1. The van der Waals surface area contributed by atoms with E-state index >= 15 is 0 Å². The molecule has 1 amide bonds. The van der Waals surface area contributed by atoms with E-state index < -0.39 is 0 Å². The number of nitrogens with one attached hydrogen (secondary N) is 1. The Morgan fingerprint density at radius 3 is 2.62 bits per heavy atom. The first-order valence-electron chi connectivity index (χ1n) is 10.6. The van der Waals surface area contributed by atoms with Crippen LogP contribution >= 0.6 is 11.8 Å². The summed E-state index contributed by atoms with van der Waals surface area (Å²) in [6.07, 6.45) is 8.07. The van der Waals surface area contributed by atoms with Crippen LogP contribution in [0.15, 0.2) is 29.4 Å². The number of thioether (sulfide) groups is 1. The fraction of sp³-hybridized carbons (Fsp3) is 0.591. The number of rotatable bonds is 9. The molecule has 1 heterocycles. The van der Waals surface area contributed by atoms with E-state index in [-0.39, 0.29) is 11.9 Å². The van der Waals surface area contributed by atoms with Crippen LogP contribution in [0.4, 0.5) is 0 Å². The van der Waals surface area contributed by atoms with Crippen molar-refractivity contribution >= 4 is 17.7 Å². The molecule has 0 aliphatic heterocycles. The molecular weight excluding hydrogens is 384 g/mol. The van der Waals surface area contributed by atoms with E-state index in [9.17, 15) is 4.79 Å². The van der Waals surface area contributed by atoms with Crippen molar-refractivity contribution in [2.24, 2.45) is 0 Å². The van der Waals surface area contributed by atoms with Crippen LogP contribution in [0.25, 0.3) is 11.4 Å². The monoisotopic (exact) mass is 416 g/mol. The average molecular weight is 417 g/mol. The highest BCUT2D eigenvalue weighted by molar-refractivity contribution is 7.99. The molecule has 1 fully saturated rings. The first kappa shape index (κ1) is 21.7. The first-order chi connectivity index (χ1) is 14.1. The summed E-state index contributed by atoms with van der Waals surface area (Å²) in [5.41, 5.74) is 1.02. The van der Waals surface area contributed by atoms with Gasteiger partial charge in [0, 0.05) is 17.6 Å². The van der Waals surface area contributed by atoms with Crippen LogP contribution in [0.5, 0.6) is 5.75 Å². The van der Waals surface area contributed by atoms with Gasteiger partial charge in [-0.1, -0.05) is 44.4 Å². The van der Waals surface area contributed by atoms with Gasteiger partial charge in [-0.25, -0.2) is 0 Å². The standard InChI is InChI=1S/C22H32N4O2S/c1-4-8-16(2)23-20(27)15-29-22-25-24-21(17-11-13-19(28-3)14-12-17)26(22)18-9-6-5-7-10-18/h11-14,16,18H,4-10,15H2,1-3H3,(H,23,27). The molecule has 1 saturated carbocycles. The minimum Gasteiger partial charge on any atom is -0.497 e. The molecule has 1 aliphatic rings. The van der Waals surface area contributed by atoms with Gasteiger partial charge in [0.25, 0.3) is 0 Å². The molecule has 2 aromatic rings. The maximum Gasteiger partial charge on any atom is 0.230 e. The lowest BCUT2D eigenvalue weighted by Gasteiger charge is -2.25. The third-order valence-electron chi connectivity index (χ3n) is 5.41. The molecule has 1 unspecified atom stereocenters. The lowest BCUT2D eigenvalue weighted by Crippen LogP contribution is -2.33. The number of carbonyl (C=O) groups excluding carboxylic acids is 1. The second kappa shape index (κ2) is 10.7. The van der Waals surface area contributed by atoms with Crippen molar-refractivity contribution in [1.82, 2.24) is 20.1 Å². The van der Waals surface area contributed by atoms with Crippen LogP contribution < -0.4 is 10.1 Å². The Hall–Kier alpha value is -2.02. The Kier molecular flexibility index (Phi) is 7.98. The van der Waals surface area contributed by atoms with Gasteiger partial charge in [-0.05, 0) is 50.5 Å². The zero-order chi connectivity index (χ0) is 20.6. The fourth-order valence-corrected chi connectivity index (χ4v) is 4.75. The van der Waals surface area contributed by atoms with Gasteiger partial charge in [0.2, 0.25) is 5.91 Å². The summed E-state index contributed by atoms with van der Waals surface area (Å²) in [4.78, 5) is 12.3. The van der Waals surface area contributed by atoms with E-state index in [1.54, 1.807) is 7.11 Å². The zero-order valence-electron chi connectivity index (χ0n) is 17.7. The number of nitrogens with zero attached hydrogens (tertiary/aromatic N) is 3. The van der Waals surface area contributed by atoms with Gasteiger partial charge < -0.3 is 10.1 Å². The minimum absolute atomic E-state index is 0.0557. The van der Waals surface area contributed by atoms with E-state index in [2.05, 4.69) is 33.9 Å². The van der Waals surface area contributed by atoms with Gasteiger partial charge in [-0.2, -0.15) is 0 Å². The highest BCUT2D eigenvalue weighted by Gasteiger charge is 2.24. The Morgan fingerprint density at radius 2 is 1.97 bits per heavy atom. The predicted molar refractivity (Wildman–Crippen MR) is 117 cm³/mol. The smallest absolute Gasteiger partial charge is 0.230 e. The Morgan fingerprint density at radius 1 is 1.24 bits per heavy atom. The number of ether oxygens (including phenoxy) is 1. The van der Waals surface area contributed by atoms with Crippen LogP contribution in [0.2, 0.25) is 0 Å². The second-order valence-electron chi connectivity index (χ2n) is 7.74. The van der Waals surface area contributed by atoms with Crippen molar-refractivity contribution in [2.45, 2.75) is 76.0 Å². The minimum atomic E-state index is 0.0557. The first-order valence-corrected chi connectivity index (χ1v) is 11.6. The van der Waals surface area contributed by atoms with Crippen molar-refractivity contribution in [3.8, 4) is 17.1 Å².